The molecule has 0 spiro atoms. The summed E-state index contributed by atoms with van der Waals surface area (Å²) < 4.78 is 4.98. The smallest absolute Gasteiger partial charge is 0.306 e. The lowest BCUT2D eigenvalue weighted by molar-refractivity contribution is -0.149. The van der Waals surface area contributed by atoms with Crippen molar-refractivity contribution < 1.29 is 19.1 Å². The largest absolute Gasteiger partial charge is 0.456 e. The summed E-state index contributed by atoms with van der Waals surface area (Å²) in [6.07, 6.45) is 0.231. The van der Waals surface area contributed by atoms with E-state index in [1.807, 2.05) is 34.6 Å². The minimum absolute atomic E-state index is 0.200. The fraction of sp³-hybridized carbons (Fsp3) is 0.526. The van der Waals surface area contributed by atoms with E-state index < -0.39 is 11.9 Å². The van der Waals surface area contributed by atoms with Crippen molar-refractivity contribution in [3.05, 3.63) is 29.8 Å². The average Bonchev–Trinajstić information content (AvgIpc) is 2.49. The van der Waals surface area contributed by atoms with Gasteiger partial charge in [-0.2, -0.15) is 0 Å². The maximum atomic E-state index is 12.2. The highest BCUT2D eigenvalue weighted by molar-refractivity contribution is 6.04. The van der Waals surface area contributed by atoms with Crippen molar-refractivity contribution in [1.82, 2.24) is 5.32 Å². The van der Waals surface area contributed by atoms with Gasteiger partial charge in [-0.25, -0.2) is 0 Å². The van der Waals surface area contributed by atoms with Gasteiger partial charge in [0.15, 0.2) is 6.61 Å². The Hall–Kier alpha value is -2.37. The van der Waals surface area contributed by atoms with Crippen LogP contribution in [0.25, 0.3) is 0 Å². The molecule has 0 aliphatic heterocycles. The summed E-state index contributed by atoms with van der Waals surface area (Å²) >= 11 is 0. The van der Waals surface area contributed by atoms with Crippen LogP contribution in [0.3, 0.4) is 0 Å². The van der Waals surface area contributed by atoms with Gasteiger partial charge >= 0.3 is 5.97 Å². The molecule has 25 heavy (non-hydrogen) atoms. The fourth-order valence-electron chi connectivity index (χ4n) is 2.00. The average molecular weight is 348 g/mol. The van der Waals surface area contributed by atoms with Crippen molar-refractivity contribution in [2.24, 2.45) is 11.3 Å². The first-order chi connectivity index (χ1) is 11.6. The topological polar surface area (TPSA) is 84.5 Å². The number of esters is 1. The first-order valence-electron chi connectivity index (χ1n) is 8.41. The number of amides is 2. The SMILES string of the molecule is CC(C)CNC(=O)c1ccccc1NC(=O)COC(=O)CC(C)(C)C. The van der Waals surface area contributed by atoms with E-state index in [4.69, 9.17) is 4.74 Å². The zero-order valence-corrected chi connectivity index (χ0v) is 15.6. The molecule has 0 saturated heterocycles. The van der Waals surface area contributed by atoms with Gasteiger partial charge in [-0.1, -0.05) is 46.8 Å². The Labute approximate surface area is 149 Å². The second-order valence-electron chi connectivity index (χ2n) is 7.60. The molecule has 0 unspecified atom stereocenters. The molecule has 0 aromatic heterocycles. The van der Waals surface area contributed by atoms with Crippen LogP contribution < -0.4 is 10.6 Å². The number of para-hydroxylation sites is 1. The number of hydrogen-bond acceptors (Lipinski definition) is 4. The minimum Gasteiger partial charge on any atom is -0.456 e. The number of hydrogen-bond donors (Lipinski definition) is 2. The van der Waals surface area contributed by atoms with Crippen molar-refractivity contribution in [1.29, 1.82) is 0 Å². The first-order valence-corrected chi connectivity index (χ1v) is 8.41. The predicted octanol–water partition coefficient (Wildman–Crippen LogP) is 2.99. The van der Waals surface area contributed by atoms with Crippen LogP contribution in [-0.4, -0.2) is 30.9 Å². The maximum Gasteiger partial charge on any atom is 0.306 e. The van der Waals surface area contributed by atoms with Crippen molar-refractivity contribution in [2.75, 3.05) is 18.5 Å². The maximum absolute atomic E-state index is 12.2. The van der Waals surface area contributed by atoms with Gasteiger partial charge in [-0.05, 0) is 23.5 Å². The minimum atomic E-state index is -0.480. The molecule has 2 N–H and O–H groups in total. The van der Waals surface area contributed by atoms with E-state index in [1.165, 1.54) is 0 Å². The van der Waals surface area contributed by atoms with Crippen LogP contribution >= 0.6 is 0 Å². The number of anilines is 1. The molecule has 0 radical (unpaired) electrons. The van der Waals surface area contributed by atoms with E-state index in [0.29, 0.717) is 23.7 Å². The zero-order chi connectivity index (χ0) is 19.0. The third-order valence-electron chi connectivity index (χ3n) is 3.16. The van der Waals surface area contributed by atoms with Crippen LogP contribution in [0.5, 0.6) is 0 Å². The molecule has 0 aliphatic carbocycles. The van der Waals surface area contributed by atoms with Crippen LogP contribution in [0.4, 0.5) is 5.69 Å². The standard InChI is InChI=1S/C19H28N2O4/c1-13(2)11-20-18(24)14-8-6-7-9-15(14)21-16(22)12-25-17(23)10-19(3,4)5/h6-9,13H,10-12H2,1-5H3,(H,20,24)(H,21,22). The predicted molar refractivity (Wildman–Crippen MR) is 97.3 cm³/mol. The van der Waals surface area contributed by atoms with Crippen molar-refractivity contribution in [3.8, 4) is 0 Å². The number of benzene rings is 1. The summed E-state index contributed by atoms with van der Waals surface area (Å²) in [4.78, 5) is 35.9. The lowest BCUT2D eigenvalue weighted by Gasteiger charge is -2.16. The van der Waals surface area contributed by atoms with Crippen LogP contribution in [0.15, 0.2) is 24.3 Å². The van der Waals surface area contributed by atoms with Crippen LogP contribution in [0.2, 0.25) is 0 Å². The number of rotatable bonds is 7. The summed E-state index contributed by atoms with van der Waals surface area (Å²) in [6.45, 7) is 9.92. The molecular weight excluding hydrogens is 320 g/mol. The molecule has 6 nitrogen and oxygen atoms in total. The number of carbonyl (C=O) groups is 3. The Bertz CT molecular complexity index is 618. The normalized spacial score (nSPS) is 11.1. The molecule has 1 aromatic carbocycles. The van der Waals surface area contributed by atoms with Crippen molar-refractivity contribution >= 4 is 23.5 Å². The van der Waals surface area contributed by atoms with Crippen LogP contribution in [0, 0.1) is 11.3 Å². The van der Waals surface area contributed by atoms with E-state index in [0.717, 1.165) is 0 Å². The molecule has 0 fully saturated rings. The van der Waals surface area contributed by atoms with Gasteiger partial charge in [0.2, 0.25) is 0 Å². The van der Waals surface area contributed by atoms with Gasteiger partial charge in [0, 0.05) is 6.54 Å². The molecule has 138 valence electrons. The Morgan fingerprint density at radius 1 is 1.12 bits per heavy atom. The Morgan fingerprint density at radius 3 is 2.36 bits per heavy atom. The summed E-state index contributed by atoms with van der Waals surface area (Å²) in [7, 11) is 0. The highest BCUT2D eigenvalue weighted by Crippen LogP contribution is 2.19. The van der Waals surface area contributed by atoms with E-state index in [1.54, 1.807) is 24.3 Å². The number of ether oxygens (including phenoxy) is 1. The third kappa shape index (κ3) is 8.33. The Kier molecular flexibility index (Phi) is 7.61. The lowest BCUT2D eigenvalue weighted by Crippen LogP contribution is -2.29. The Balaban J connectivity index is 2.63. The summed E-state index contributed by atoms with van der Waals surface area (Å²) in [5.41, 5.74) is 0.562. The van der Waals surface area contributed by atoms with Gasteiger partial charge < -0.3 is 15.4 Å². The molecule has 0 heterocycles. The Morgan fingerprint density at radius 2 is 1.76 bits per heavy atom. The summed E-state index contributed by atoms with van der Waals surface area (Å²) in [5.74, 6) is -0.834. The highest BCUT2D eigenvalue weighted by Gasteiger charge is 2.18. The molecule has 0 bridgehead atoms. The fourth-order valence-corrected chi connectivity index (χ4v) is 2.00. The van der Waals surface area contributed by atoms with Gasteiger partial charge in [-0.3, -0.25) is 14.4 Å². The molecular formula is C19H28N2O4. The monoisotopic (exact) mass is 348 g/mol. The van der Waals surface area contributed by atoms with Crippen molar-refractivity contribution in [2.45, 2.75) is 41.0 Å². The van der Waals surface area contributed by atoms with Gasteiger partial charge in [0.1, 0.15) is 0 Å². The molecule has 1 aromatic rings. The number of nitrogens with one attached hydrogen (secondary N) is 2. The molecule has 2 amide bonds. The quantitative estimate of drug-likeness (QED) is 0.742. The summed E-state index contributed by atoms with van der Waals surface area (Å²) in [5, 5.41) is 5.43. The summed E-state index contributed by atoms with van der Waals surface area (Å²) in [6, 6.07) is 6.72. The molecule has 6 heteroatoms. The van der Waals surface area contributed by atoms with Gasteiger partial charge in [0.25, 0.3) is 11.8 Å². The van der Waals surface area contributed by atoms with Crippen LogP contribution in [0.1, 0.15) is 51.4 Å². The van der Waals surface area contributed by atoms with E-state index in [2.05, 4.69) is 10.6 Å². The molecule has 0 aliphatic rings. The van der Waals surface area contributed by atoms with E-state index >= 15 is 0 Å². The van der Waals surface area contributed by atoms with Crippen molar-refractivity contribution in [3.63, 3.8) is 0 Å². The molecule has 0 atom stereocenters. The zero-order valence-electron chi connectivity index (χ0n) is 15.6. The van der Waals surface area contributed by atoms with Gasteiger partial charge in [-0.15, -0.1) is 0 Å². The van der Waals surface area contributed by atoms with E-state index in [-0.39, 0.29) is 24.3 Å². The van der Waals surface area contributed by atoms with Gasteiger partial charge in [0.05, 0.1) is 17.7 Å². The van der Waals surface area contributed by atoms with Crippen LogP contribution in [-0.2, 0) is 14.3 Å². The number of carbonyl (C=O) groups excluding carboxylic acids is 3. The van der Waals surface area contributed by atoms with E-state index in [9.17, 15) is 14.4 Å². The second kappa shape index (κ2) is 9.20. The first kappa shape index (κ1) is 20.7. The second-order valence-corrected chi connectivity index (χ2v) is 7.60. The highest BCUT2D eigenvalue weighted by atomic mass is 16.5. The molecule has 0 saturated carbocycles. The third-order valence-corrected chi connectivity index (χ3v) is 3.16. The molecule has 1 rings (SSSR count). The lowest BCUT2D eigenvalue weighted by atomic mass is 9.92.